The minimum atomic E-state index is -0.681. The second kappa shape index (κ2) is 8.44. The number of hydrogen-bond donors (Lipinski definition) is 2. The minimum absolute atomic E-state index is 0.0597. The summed E-state index contributed by atoms with van der Waals surface area (Å²) >= 11 is 6.12. The van der Waals surface area contributed by atoms with Crippen LogP contribution >= 0.6 is 11.6 Å². The molecule has 2 N–H and O–H groups in total. The van der Waals surface area contributed by atoms with Crippen molar-refractivity contribution < 1.29 is 14.3 Å². The van der Waals surface area contributed by atoms with Gasteiger partial charge in [0.05, 0.1) is 10.7 Å². The van der Waals surface area contributed by atoms with Crippen LogP contribution in [0.15, 0.2) is 42.5 Å². The molecule has 1 atom stereocenters. The van der Waals surface area contributed by atoms with Crippen LogP contribution in [0.25, 0.3) is 0 Å². The van der Waals surface area contributed by atoms with Crippen molar-refractivity contribution in [1.29, 1.82) is 0 Å². The van der Waals surface area contributed by atoms with Gasteiger partial charge in [-0.15, -0.1) is 0 Å². The molecule has 0 fully saturated rings. The number of hydrogen-bond acceptors (Lipinski definition) is 3. The smallest absolute Gasteiger partial charge is 0.265 e. The van der Waals surface area contributed by atoms with Crippen molar-refractivity contribution in [2.45, 2.75) is 46.1 Å². The highest BCUT2D eigenvalue weighted by Crippen LogP contribution is 2.26. The normalized spacial score (nSPS) is 12.2. The lowest BCUT2D eigenvalue weighted by molar-refractivity contribution is -0.122. The van der Waals surface area contributed by atoms with E-state index < -0.39 is 6.10 Å². The number of carbonyl (C=O) groups is 2. The SMILES string of the molecule is CC(=O)Nc1ccc(NC(=O)C(C)Oc2ccc(C(C)(C)C)cc2)cc1Cl. The van der Waals surface area contributed by atoms with Gasteiger partial charge >= 0.3 is 0 Å². The van der Waals surface area contributed by atoms with Crippen molar-refractivity contribution in [2.24, 2.45) is 0 Å². The molecule has 2 rings (SSSR count). The monoisotopic (exact) mass is 388 g/mol. The summed E-state index contributed by atoms with van der Waals surface area (Å²) in [5.41, 5.74) is 2.27. The first-order valence-electron chi connectivity index (χ1n) is 8.71. The van der Waals surface area contributed by atoms with Gasteiger partial charge in [-0.1, -0.05) is 44.5 Å². The maximum absolute atomic E-state index is 12.4. The van der Waals surface area contributed by atoms with Crippen LogP contribution in [0.3, 0.4) is 0 Å². The van der Waals surface area contributed by atoms with E-state index in [1.54, 1.807) is 25.1 Å². The van der Waals surface area contributed by atoms with Crippen molar-refractivity contribution >= 4 is 34.8 Å². The van der Waals surface area contributed by atoms with E-state index in [0.717, 1.165) is 0 Å². The molecule has 144 valence electrons. The molecule has 0 aromatic heterocycles. The zero-order valence-electron chi connectivity index (χ0n) is 16.2. The molecule has 0 bridgehead atoms. The van der Waals surface area contributed by atoms with Gasteiger partial charge < -0.3 is 15.4 Å². The standard InChI is InChI=1S/C21H25ClN2O3/c1-13(27-17-9-6-15(7-10-17)21(3,4)5)20(26)24-16-8-11-19(18(22)12-16)23-14(2)25/h6-13H,1-5H3,(H,23,25)(H,24,26). The van der Waals surface area contributed by atoms with Gasteiger partial charge in [-0.3, -0.25) is 9.59 Å². The highest BCUT2D eigenvalue weighted by Gasteiger charge is 2.17. The van der Waals surface area contributed by atoms with Crippen LogP contribution in [0.1, 0.15) is 40.2 Å². The van der Waals surface area contributed by atoms with Crippen LogP contribution in [-0.2, 0) is 15.0 Å². The molecule has 2 aromatic rings. The Labute approximate surface area is 165 Å². The molecule has 0 heterocycles. The Morgan fingerprint density at radius 2 is 1.67 bits per heavy atom. The summed E-state index contributed by atoms with van der Waals surface area (Å²) in [4.78, 5) is 23.5. The van der Waals surface area contributed by atoms with E-state index in [9.17, 15) is 9.59 Å². The summed E-state index contributed by atoms with van der Waals surface area (Å²) in [5.74, 6) is 0.121. The lowest BCUT2D eigenvalue weighted by Crippen LogP contribution is -2.30. The van der Waals surface area contributed by atoms with Crippen molar-refractivity contribution in [2.75, 3.05) is 10.6 Å². The number of anilines is 2. The topological polar surface area (TPSA) is 67.4 Å². The van der Waals surface area contributed by atoms with E-state index in [2.05, 4.69) is 31.4 Å². The Morgan fingerprint density at radius 1 is 1.04 bits per heavy atom. The number of halogens is 1. The third-order valence-electron chi connectivity index (χ3n) is 3.95. The van der Waals surface area contributed by atoms with Gasteiger partial charge in [-0.2, -0.15) is 0 Å². The van der Waals surface area contributed by atoms with Gasteiger partial charge in [0, 0.05) is 12.6 Å². The van der Waals surface area contributed by atoms with Crippen LogP contribution in [0.2, 0.25) is 5.02 Å². The number of amides is 2. The molecule has 0 radical (unpaired) electrons. The molecule has 0 saturated carbocycles. The molecular weight excluding hydrogens is 364 g/mol. The molecule has 5 nitrogen and oxygen atoms in total. The second-order valence-electron chi connectivity index (χ2n) is 7.40. The van der Waals surface area contributed by atoms with Crippen LogP contribution in [0.5, 0.6) is 5.75 Å². The number of carbonyl (C=O) groups excluding carboxylic acids is 2. The predicted octanol–water partition coefficient (Wildman–Crippen LogP) is 5.00. The zero-order chi connectivity index (χ0) is 20.2. The van der Waals surface area contributed by atoms with Crippen molar-refractivity contribution in [3.63, 3.8) is 0 Å². The molecule has 27 heavy (non-hydrogen) atoms. The summed E-state index contributed by atoms with van der Waals surface area (Å²) in [6.45, 7) is 9.50. The Morgan fingerprint density at radius 3 is 2.19 bits per heavy atom. The van der Waals surface area contributed by atoms with Crippen LogP contribution in [0.4, 0.5) is 11.4 Å². The van der Waals surface area contributed by atoms with Crippen LogP contribution in [0, 0.1) is 0 Å². The van der Waals surface area contributed by atoms with Gasteiger partial charge in [-0.05, 0) is 48.2 Å². The van der Waals surface area contributed by atoms with Gasteiger partial charge in [0.1, 0.15) is 5.75 Å². The first-order chi connectivity index (χ1) is 12.6. The van der Waals surface area contributed by atoms with Crippen molar-refractivity contribution in [3.05, 3.63) is 53.1 Å². The molecule has 6 heteroatoms. The highest BCUT2D eigenvalue weighted by molar-refractivity contribution is 6.34. The molecule has 0 aliphatic heterocycles. The molecule has 1 unspecified atom stereocenters. The van der Waals surface area contributed by atoms with E-state index in [1.807, 2.05) is 24.3 Å². The summed E-state index contributed by atoms with van der Waals surface area (Å²) in [7, 11) is 0. The van der Waals surface area contributed by atoms with E-state index in [0.29, 0.717) is 22.1 Å². The first-order valence-corrected chi connectivity index (χ1v) is 9.09. The molecular formula is C21H25ClN2O3. The zero-order valence-corrected chi connectivity index (χ0v) is 17.0. The van der Waals surface area contributed by atoms with Gasteiger partial charge in [0.2, 0.25) is 5.91 Å². The van der Waals surface area contributed by atoms with Crippen LogP contribution in [-0.4, -0.2) is 17.9 Å². The van der Waals surface area contributed by atoms with Gasteiger partial charge in [-0.25, -0.2) is 0 Å². The average Bonchev–Trinajstić information content (AvgIpc) is 2.56. The highest BCUT2D eigenvalue weighted by atomic mass is 35.5. The third-order valence-corrected chi connectivity index (χ3v) is 4.26. The fraction of sp³-hybridized carbons (Fsp3) is 0.333. The van der Waals surface area contributed by atoms with Crippen molar-refractivity contribution in [3.8, 4) is 5.75 Å². The molecule has 0 aliphatic carbocycles. The molecule has 0 saturated heterocycles. The molecule has 0 aliphatic rings. The fourth-order valence-electron chi connectivity index (χ4n) is 2.42. The lowest BCUT2D eigenvalue weighted by atomic mass is 9.87. The number of benzene rings is 2. The van der Waals surface area contributed by atoms with Gasteiger partial charge in [0.25, 0.3) is 5.91 Å². The second-order valence-corrected chi connectivity index (χ2v) is 7.81. The quantitative estimate of drug-likeness (QED) is 0.757. The largest absolute Gasteiger partial charge is 0.481 e. The molecule has 0 spiro atoms. The summed E-state index contributed by atoms with van der Waals surface area (Å²) in [5, 5.41) is 5.72. The number of rotatable bonds is 5. The Kier molecular flexibility index (Phi) is 6.50. The van der Waals surface area contributed by atoms with E-state index >= 15 is 0 Å². The Balaban J connectivity index is 1.99. The number of ether oxygens (including phenoxy) is 1. The maximum Gasteiger partial charge on any atom is 0.265 e. The minimum Gasteiger partial charge on any atom is -0.481 e. The fourth-order valence-corrected chi connectivity index (χ4v) is 2.65. The summed E-state index contributed by atoms with van der Waals surface area (Å²) in [6, 6.07) is 12.6. The van der Waals surface area contributed by atoms with E-state index in [-0.39, 0.29) is 17.2 Å². The van der Waals surface area contributed by atoms with Crippen molar-refractivity contribution in [1.82, 2.24) is 0 Å². The number of nitrogens with one attached hydrogen (secondary N) is 2. The van der Waals surface area contributed by atoms with Crippen LogP contribution < -0.4 is 15.4 Å². The predicted molar refractivity (Wildman–Crippen MR) is 110 cm³/mol. The van der Waals surface area contributed by atoms with Gasteiger partial charge in [0.15, 0.2) is 6.10 Å². The maximum atomic E-state index is 12.4. The average molecular weight is 389 g/mol. The lowest BCUT2D eigenvalue weighted by Gasteiger charge is -2.20. The Hall–Kier alpha value is -2.53. The third kappa shape index (κ3) is 6.00. The van der Waals surface area contributed by atoms with E-state index in [1.165, 1.54) is 12.5 Å². The Bertz CT molecular complexity index is 826. The van der Waals surface area contributed by atoms with E-state index in [4.69, 9.17) is 16.3 Å². The first kappa shape index (κ1) is 20.8. The summed E-state index contributed by atoms with van der Waals surface area (Å²) < 4.78 is 5.72. The molecule has 2 aromatic carbocycles. The molecule has 2 amide bonds. The summed E-state index contributed by atoms with van der Waals surface area (Å²) in [6.07, 6.45) is -0.681.